The van der Waals surface area contributed by atoms with Crippen molar-refractivity contribution in [1.29, 1.82) is 0 Å². The minimum atomic E-state index is -1.12. The Morgan fingerprint density at radius 3 is 2.29 bits per heavy atom. The monoisotopic (exact) mass is 245 g/mol. The Labute approximate surface area is 102 Å². The van der Waals surface area contributed by atoms with Crippen LogP contribution in [0.2, 0.25) is 0 Å². The van der Waals surface area contributed by atoms with E-state index < -0.39 is 24.4 Å². The van der Waals surface area contributed by atoms with E-state index in [2.05, 4.69) is 5.32 Å². The Bertz CT molecular complexity index is 267. The molecule has 4 atom stereocenters. The fourth-order valence-corrected chi connectivity index (χ4v) is 1.83. The first-order valence-corrected chi connectivity index (χ1v) is 6.13. The lowest BCUT2D eigenvalue weighted by molar-refractivity contribution is -0.136. The molecular weight excluding hydrogens is 222 g/mol. The lowest BCUT2D eigenvalue weighted by atomic mass is 9.98. The third-order valence-corrected chi connectivity index (χ3v) is 2.94. The lowest BCUT2D eigenvalue weighted by Gasteiger charge is -2.17. The summed E-state index contributed by atoms with van der Waals surface area (Å²) in [4.78, 5) is 11.8. The minimum absolute atomic E-state index is 0.163. The third kappa shape index (κ3) is 3.48. The third-order valence-electron chi connectivity index (χ3n) is 2.94. The summed E-state index contributed by atoms with van der Waals surface area (Å²) in [6.07, 6.45) is -3.55. The zero-order chi connectivity index (χ0) is 13.2. The van der Waals surface area contributed by atoms with E-state index >= 15 is 0 Å². The predicted octanol–water partition coefficient (Wildman–Crippen LogP) is -0.301. The van der Waals surface area contributed by atoms with Gasteiger partial charge in [0.2, 0.25) is 0 Å². The summed E-state index contributed by atoms with van der Waals surface area (Å²) < 4.78 is 5.45. The first-order chi connectivity index (χ1) is 7.84. The molecule has 0 aromatic heterocycles. The van der Waals surface area contributed by atoms with Gasteiger partial charge >= 0.3 is 0 Å². The largest absolute Gasteiger partial charge is 0.388 e. The van der Waals surface area contributed by atoms with E-state index in [1.165, 1.54) is 0 Å². The molecule has 0 aromatic rings. The number of aliphatic hydroxyl groups is 2. The molecule has 3 unspecified atom stereocenters. The molecule has 100 valence electrons. The molecule has 1 heterocycles. The van der Waals surface area contributed by atoms with Gasteiger partial charge in [-0.05, 0) is 0 Å². The second kappa shape index (κ2) is 5.91. The van der Waals surface area contributed by atoms with Gasteiger partial charge in [-0.15, -0.1) is 0 Å². The van der Waals surface area contributed by atoms with E-state index in [9.17, 15) is 15.0 Å². The maximum Gasteiger partial charge on any atom is 0.166 e. The van der Waals surface area contributed by atoms with Gasteiger partial charge in [0.25, 0.3) is 0 Å². The molecule has 1 saturated heterocycles. The molecule has 0 saturated carbocycles. The standard InChI is InChI=1S/C12H23NO4/c1-6(2)9(14)12-11(16)10(15)8(17-12)5-13-7(3)4/h6-8,10-13,15-16H,5H2,1-4H3/t8-,10?,11?,12?/m1/s1. The molecule has 0 aromatic carbocycles. The van der Waals surface area contributed by atoms with Crippen molar-refractivity contribution in [3.05, 3.63) is 0 Å². The van der Waals surface area contributed by atoms with Crippen molar-refractivity contribution in [1.82, 2.24) is 5.32 Å². The Morgan fingerprint density at radius 1 is 1.24 bits per heavy atom. The van der Waals surface area contributed by atoms with Gasteiger partial charge in [-0.25, -0.2) is 0 Å². The number of rotatable bonds is 5. The Kier molecular flexibility index (Phi) is 5.06. The molecule has 1 fully saturated rings. The van der Waals surface area contributed by atoms with Crippen LogP contribution < -0.4 is 5.32 Å². The van der Waals surface area contributed by atoms with Crippen molar-refractivity contribution in [2.24, 2.45) is 5.92 Å². The number of carbonyl (C=O) groups excluding carboxylic acids is 1. The minimum Gasteiger partial charge on any atom is -0.388 e. The van der Waals surface area contributed by atoms with Crippen molar-refractivity contribution in [3.8, 4) is 0 Å². The second-order valence-corrected chi connectivity index (χ2v) is 5.20. The van der Waals surface area contributed by atoms with Gasteiger partial charge in [-0.1, -0.05) is 27.7 Å². The highest BCUT2D eigenvalue weighted by Gasteiger charge is 2.46. The summed E-state index contributed by atoms with van der Waals surface area (Å²) in [5.41, 5.74) is 0. The highest BCUT2D eigenvalue weighted by atomic mass is 16.5. The van der Waals surface area contributed by atoms with Crippen LogP contribution in [0.4, 0.5) is 0 Å². The van der Waals surface area contributed by atoms with Crippen LogP contribution >= 0.6 is 0 Å². The van der Waals surface area contributed by atoms with Gasteiger partial charge in [0.15, 0.2) is 5.78 Å². The molecule has 17 heavy (non-hydrogen) atoms. The molecule has 3 N–H and O–H groups in total. The first kappa shape index (κ1) is 14.6. The molecular formula is C12H23NO4. The van der Waals surface area contributed by atoms with Crippen molar-refractivity contribution in [2.75, 3.05) is 6.54 Å². The van der Waals surface area contributed by atoms with Crippen LogP contribution in [0.5, 0.6) is 0 Å². The SMILES string of the molecule is CC(C)NC[C@H]1OC(C(=O)C(C)C)C(O)C1O. The summed E-state index contributed by atoms with van der Waals surface area (Å²) in [6.45, 7) is 7.90. The summed E-state index contributed by atoms with van der Waals surface area (Å²) >= 11 is 0. The van der Waals surface area contributed by atoms with Crippen molar-refractivity contribution in [2.45, 2.75) is 58.2 Å². The summed E-state index contributed by atoms with van der Waals surface area (Å²) in [6, 6.07) is 0.266. The quantitative estimate of drug-likeness (QED) is 0.620. The lowest BCUT2D eigenvalue weighted by Crippen LogP contribution is -2.40. The molecule has 5 heteroatoms. The van der Waals surface area contributed by atoms with Crippen LogP contribution in [0.1, 0.15) is 27.7 Å². The van der Waals surface area contributed by atoms with Crippen LogP contribution in [0.15, 0.2) is 0 Å². The van der Waals surface area contributed by atoms with Crippen LogP contribution in [0, 0.1) is 5.92 Å². The number of nitrogens with one attached hydrogen (secondary N) is 1. The van der Waals surface area contributed by atoms with Crippen LogP contribution in [-0.2, 0) is 9.53 Å². The molecule has 0 aliphatic carbocycles. The van der Waals surface area contributed by atoms with Crippen molar-refractivity contribution < 1.29 is 19.7 Å². The Morgan fingerprint density at radius 2 is 1.82 bits per heavy atom. The van der Waals surface area contributed by atoms with E-state index in [-0.39, 0.29) is 17.7 Å². The number of aliphatic hydroxyl groups excluding tert-OH is 2. The van der Waals surface area contributed by atoms with Gasteiger partial charge in [0.05, 0.1) is 6.10 Å². The maximum absolute atomic E-state index is 11.8. The maximum atomic E-state index is 11.8. The van der Waals surface area contributed by atoms with Crippen LogP contribution in [-0.4, -0.2) is 53.0 Å². The van der Waals surface area contributed by atoms with E-state index in [4.69, 9.17) is 4.74 Å². The average Bonchev–Trinajstić information content (AvgIpc) is 2.52. The first-order valence-electron chi connectivity index (χ1n) is 6.13. The number of hydrogen-bond donors (Lipinski definition) is 3. The molecule has 1 aliphatic heterocycles. The number of ketones is 1. The fourth-order valence-electron chi connectivity index (χ4n) is 1.83. The molecule has 1 aliphatic rings. The van der Waals surface area contributed by atoms with Crippen LogP contribution in [0.25, 0.3) is 0 Å². The van der Waals surface area contributed by atoms with E-state index in [0.29, 0.717) is 6.54 Å². The van der Waals surface area contributed by atoms with Gasteiger partial charge < -0.3 is 20.3 Å². The summed E-state index contributed by atoms with van der Waals surface area (Å²) in [5.74, 6) is -0.373. The van der Waals surface area contributed by atoms with Gasteiger partial charge in [0.1, 0.15) is 18.3 Å². The van der Waals surface area contributed by atoms with Crippen LogP contribution in [0.3, 0.4) is 0 Å². The molecule has 5 nitrogen and oxygen atoms in total. The topological polar surface area (TPSA) is 78.8 Å². The predicted molar refractivity (Wildman–Crippen MR) is 63.7 cm³/mol. The normalized spacial score (nSPS) is 33.6. The zero-order valence-corrected chi connectivity index (χ0v) is 10.9. The summed E-state index contributed by atoms with van der Waals surface area (Å²) in [7, 11) is 0. The van der Waals surface area contributed by atoms with Gasteiger partial charge in [0, 0.05) is 18.5 Å². The highest BCUT2D eigenvalue weighted by Crippen LogP contribution is 2.23. The Balaban J connectivity index is 2.59. The van der Waals surface area contributed by atoms with Gasteiger partial charge in [-0.3, -0.25) is 4.79 Å². The summed E-state index contributed by atoms with van der Waals surface area (Å²) in [5, 5.41) is 22.7. The van der Waals surface area contributed by atoms with E-state index in [0.717, 1.165) is 0 Å². The smallest absolute Gasteiger partial charge is 0.166 e. The number of Topliss-reactive ketones (excluding diaryl/α,β-unsaturated/α-hetero) is 1. The Hall–Kier alpha value is -0.490. The molecule has 0 radical (unpaired) electrons. The molecule has 0 amide bonds. The fraction of sp³-hybridized carbons (Fsp3) is 0.917. The average molecular weight is 245 g/mol. The number of hydrogen-bond acceptors (Lipinski definition) is 5. The molecule has 1 rings (SSSR count). The molecule has 0 bridgehead atoms. The highest BCUT2D eigenvalue weighted by molar-refractivity contribution is 5.85. The van der Waals surface area contributed by atoms with Crippen molar-refractivity contribution in [3.63, 3.8) is 0 Å². The molecule has 0 spiro atoms. The van der Waals surface area contributed by atoms with E-state index in [1.807, 2.05) is 13.8 Å². The number of ether oxygens (including phenoxy) is 1. The van der Waals surface area contributed by atoms with E-state index in [1.54, 1.807) is 13.8 Å². The van der Waals surface area contributed by atoms with Crippen molar-refractivity contribution >= 4 is 5.78 Å². The van der Waals surface area contributed by atoms with Gasteiger partial charge in [-0.2, -0.15) is 0 Å². The second-order valence-electron chi connectivity index (χ2n) is 5.20. The zero-order valence-electron chi connectivity index (χ0n) is 10.9. The number of carbonyl (C=O) groups is 1.